The van der Waals surface area contributed by atoms with E-state index in [1.807, 2.05) is 0 Å². The molecular weight excluding hydrogens is 148 g/mol. The topological polar surface area (TPSA) is 69.9 Å². The summed E-state index contributed by atoms with van der Waals surface area (Å²) in [5, 5.41) is 24.1. The first kappa shape index (κ1) is 13.4. The molecule has 0 heterocycles. The van der Waals surface area contributed by atoms with Crippen LogP contribution in [0, 0.1) is 0 Å². The van der Waals surface area contributed by atoms with Crippen LogP contribution in [0.25, 0.3) is 0 Å². The van der Waals surface area contributed by atoms with Gasteiger partial charge in [0.1, 0.15) is 0 Å². The van der Waals surface area contributed by atoms with Gasteiger partial charge < -0.3 is 20.1 Å². The van der Waals surface area contributed by atoms with Crippen molar-refractivity contribution in [3.63, 3.8) is 0 Å². The fourth-order valence-electron chi connectivity index (χ4n) is 0.356. The van der Waals surface area contributed by atoms with Crippen LogP contribution in [-0.2, 0) is 4.74 Å². The Morgan fingerprint density at radius 2 is 1.73 bits per heavy atom. The number of aliphatic hydroxyl groups is 3. The highest BCUT2D eigenvalue weighted by Crippen LogP contribution is 1.90. The van der Waals surface area contributed by atoms with Gasteiger partial charge >= 0.3 is 0 Å². The lowest BCUT2D eigenvalue weighted by atomic mass is 10.4. The summed E-state index contributed by atoms with van der Waals surface area (Å²) in [6, 6.07) is 0. The molecule has 0 rings (SSSR count). The summed E-state index contributed by atoms with van der Waals surface area (Å²) >= 11 is 0. The maximum absolute atomic E-state index is 8.69. The van der Waals surface area contributed by atoms with Crippen molar-refractivity contribution in [2.24, 2.45) is 0 Å². The third-order valence-corrected chi connectivity index (χ3v) is 0.879. The molecule has 0 aliphatic heterocycles. The second-order valence-electron chi connectivity index (χ2n) is 2.18. The van der Waals surface area contributed by atoms with E-state index in [9.17, 15) is 0 Å². The Bertz CT molecular complexity index is 65.5. The van der Waals surface area contributed by atoms with Crippen molar-refractivity contribution in [1.29, 1.82) is 0 Å². The SMILES string of the molecule is CC(O)COC(C)CO.CO. The molecule has 0 aromatic rings. The fraction of sp³-hybridized carbons (Fsp3) is 1.00. The molecule has 70 valence electrons. The molecule has 4 nitrogen and oxygen atoms in total. The van der Waals surface area contributed by atoms with Gasteiger partial charge in [0.05, 0.1) is 25.4 Å². The first-order valence-corrected chi connectivity index (χ1v) is 3.52. The van der Waals surface area contributed by atoms with E-state index in [2.05, 4.69) is 0 Å². The standard InChI is InChI=1S/C6H14O3.CH4O/c1-5(8)4-9-6(2)3-7;1-2/h5-8H,3-4H2,1-2H3;2H,1H3. The van der Waals surface area contributed by atoms with Crippen molar-refractivity contribution in [2.75, 3.05) is 20.3 Å². The quantitative estimate of drug-likeness (QED) is 0.520. The summed E-state index contributed by atoms with van der Waals surface area (Å²) in [4.78, 5) is 0. The highest BCUT2D eigenvalue weighted by Gasteiger charge is 2.00. The minimum atomic E-state index is -0.445. The summed E-state index contributed by atoms with van der Waals surface area (Å²) in [5.41, 5.74) is 0. The zero-order valence-corrected chi connectivity index (χ0v) is 7.32. The van der Waals surface area contributed by atoms with Crippen LogP contribution in [0.1, 0.15) is 13.8 Å². The molecule has 0 fully saturated rings. The first-order valence-electron chi connectivity index (χ1n) is 3.52. The van der Waals surface area contributed by atoms with Gasteiger partial charge in [-0.05, 0) is 13.8 Å². The van der Waals surface area contributed by atoms with Crippen molar-refractivity contribution in [3.8, 4) is 0 Å². The molecule has 0 spiro atoms. The molecule has 0 aliphatic rings. The van der Waals surface area contributed by atoms with E-state index in [4.69, 9.17) is 20.1 Å². The van der Waals surface area contributed by atoms with Crippen LogP contribution in [0.3, 0.4) is 0 Å². The van der Waals surface area contributed by atoms with Gasteiger partial charge in [-0.1, -0.05) is 0 Å². The van der Waals surface area contributed by atoms with Crippen LogP contribution >= 0.6 is 0 Å². The maximum atomic E-state index is 8.69. The number of hydrogen-bond acceptors (Lipinski definition) is 4. The number of aliphatic hydroxyl groups excluding tert-OH is 3. The normalized spacial score (nSPS) is 14.7. The van der Waals surface area contributed by atoms with Gasteiger partial charge in [-0.3, -0.25) is 0 Å². The van der Waals surface area contributed by atoms with Crippen molar-refractivity contribution < 1.29 is 20.1 Å². The lowest BCUT2D eigenvalue weighted by Gasteiger charge is -2.10. The molecule has 2 unspecified atom stereocenters. The van der Waals surface area contributed by atoms with Crippen LogP contribution in [0.15, 0.2) is 0 Å². The minimum Gasteiger partial charge on any atom is -0.400 e. The minimum absolute atomic E-state index is 0.00667. The summed E-state index contributed by atoms with van der Waals surface area (Å²) in [6.07, 6.45) is -0.612. The van der Waals surface area contributed by atoms with Crippen LogP contribution in [0.4, 0.5) is 0 Å². The monoisotopic (exact) mass is 166 g/mol. The molecule has 0 bridgehead atoms. The molecule has 2 atom stereocenters. The van der Waals surface area contributed by atoms with E-state index in [1.165, 1.54) is 0 Å². The molecule has 4 heteroatoms. The van der Waals surface area contributed by atoms with E-state index in [0.29, 0.717) is 6.61 Å². The Morgan fingerprint density at radius 1 is 1.27 bits per heavy atom. The highest BCUT2D eigenvalue weighted by atomic mass is 16.5. The third kappa shape index (κ3) is 12.9. The molecule has 0 amide bonds. The fourth-order valence-corrected chi connectivity index (χ4v) is 0.356. The van der Waals surface area contributed by atoms with E-state index >= 15 is 0 Å². The smallest absolute Gasteiger partial charge is 0.0779 e. The second-order valence-corrected chi connectivity index (χ2v) is 2.18. The molecular formula is C7H18O4. The van der Waals surface area contributed by atoms with Crippen LogP contribution in [0.5, 0.6) is 0 Å². The largest absolute Gasteiger partial charge is 0.400 e. The molecule has 0 saturated heterocycles. The molecule has 0 radical (unpaired) electrons. The molecule has 0 aromatic carbocycles. The average Bonchev–Trinajstić information content (AvgIpc) is 2.04. The predicted octanol–water partition coefficient (Wildman–Crippen LogP) is -0.627. The Balaban J connectivity index is 0. The van der Waals surface area contributed by atoms with Crippen molar-refractivity contribution in [1.82, 2.24) is 0 Å². The maximum Gasteiger partial charge on any atom is 0.0779 e. The summed E-state index contributed by atoms with van der Waals surface area (Å²) in [7, 11) is 1.00. The first-order chi connectivity index (χ1) is 5.16. The Hall–Kier alpha value is -0.160. The van der Waals surface area contributed by atoms with Crippen LogP contribution in [0.2, 0.25) is 0 Å². The van der Waals surface area contributed by atoms with Gasteiger partial charge in [0.2, 0.25) is 0 Å². The van der Waals surface area contributed by atoms with Gasteiger partial charge in [0, 0.05) is 7.11 Å². The zero-order chi connectivity index (χ0) is 9.28. The number of hydrogen-bond donors (Lipinski definition) is 3. The molecule has 0 aliphatic carbocycles. The van der Waals surface area contributed by atoms with Gasteiger partial charge in [0.25, 0.3) is 0 Å². The number of ether oxygens (including phenoxy) is 1. The van der Waals surface area contributed by atoms with E-state index in [-0.39, 0.29) is 12.7 Å². The summed E-state index contributed by atoms with van der Waals surface area (Å²) in [6.45, 7) is 3.70. The average molecular weight is 166 g/mol. The van der Waals surface area contributed by atoms with E-state index in [1.54, 1.807) is 13.8 Å². The van der Waals surface area contributed by atoms with Gasteiger partial charge in [-0.2, -0.15) is 0 Å². The highest BCUT2D eigenvalue weighted by molar-refractivity contribution is 4.47. The Kier molecular flexibility index (Phi) is 12.0. The molecule has 0 saturated carbocycles. The van der Waals surface area contributed by atoms with Crippen molar-refractivity contribution in [2.45, 2.75) is 26.1 Å². The van der Waals surface area contributed by atoms with Crippen LogP contribution in [-0.4, -0.2) is 47.9 Å². The lowest BCUT2D eigenvalue weighted by molar-refractivity contribution is -0.0177. The molecule has 11 heavy (non-hydrogen) atoms. The summed E-state index contributed by atoms with van der Waals surface area (Å²) in [5.74, 6) is 0. The van der Waals surface area contributed by atoms with Crippen molar-refractivity contribution >= 4 is 0 Å². The van der Waals surface area contributed by atoms with E-state index in [0.717, 1.165) is 7.11 Å². The Morgan fingerprint density at radius 3 is 2.00 bits per heavy atom. The van der Waals surface area contributed by atoms with E-state index < -0.39 is 6.10 Å². The zero-order valence-electron chi connectivity index (χ0n) is 7.32. The summed E-state index contributed by atoms with van der Waals surface area (Å²) < 4.78 is 4.95. The molecule has 3 N–H and O–H groups in total. The molecule has 0 aromatic heterocycles. The van der Waals surface area contributed by atoms with Gasteiger partial charge in [-0.15, -0.1) is 0 Å². The predicted molar refractivity (Wildman–Crippen MR) is 42.3 cm³/mol. The van der Waals surface area contributed by atoms with Crippen LogP contribution < -0.4 is 0 Å². The number of rotatable bonds is 4. The Labute approximate surface area is 67.4 Å². The third-order valence-electron chi connectivity index (χ3n) is 0.879. The lowest BCUT2D eigenvalue weighted by Crippen LogP contribution is -2.19. The van der Waals surface area contributed by atoms with Gasteiger partial charge in [-0.25, -0.2) is 0 Å². The van der Waals surface area contributed by atoms with Crippen molar-refractivity contribution in [3.05, 3.63) is 0 Å². The second kappa shape index (κ2) is 9.84. The van der Waals surface area contributed by atoms with Gasteiger partial charge in [0.15, 0.2) is 0 Å².